The van der Waals surface area contributed by atoms with Crippen molar-refractivity contribution in [3.8, 4) is 0 Å². The normalized spacial score (nSPS) is 14.9. The van der Waals surface area contributed by atoms with Gasteiger partial charge in [-0.3, -0.25) is 4.79 Å². The highest BCUT2D eigenvalue weighted by Crippen LogP contribution is 2.24. The van der Waals surface area contributed by atoms with E-state index in [9.17, 15) is 14.4 Å². The molecule has 3 N–H and O–H groups in total. The van der Waals surface area contributed by atoms with Crippen LogP contribution < -0.4 is 5.73 Å². The number of hydrogen-bond donors (Lipinski definition) is 2. The first kappa shape index (κ1) is 21.5. The molecule has 0 aromatic heterocycles. The number of carbonyl (C=O) groups is 3. The van der Waals surface area contributed by atoms with Crippen molar-refractivity contribution in [3.05, 3.63) is 65.2 Å². The third-order valence-corrected chi connectivity index (χ3v) is 5.42. The molecule has 1 aliphatic rings. The molecule has 1 aliphatic heterocycles. The van der Waals surface area contributed by atoms with Gasteiger partial charge in [-0.15, -0.1) is 5.06 Å². The molecule has 2 aromatic carbocycles. The quantitative estimate of drug-likeness (QED) is 0.503. The fourth-order valence-electron chi connectivity index (χ4n) is 3.65. The van der Waals surface area contributed by atoms with Gasteiger partial charge in [0.1, 0.15) is 0 Å². The average Bonchev–Trinajstić information content (AvgIpc) is 2.75. The van der Waals surface area contributed by atoms with E-state index >= 15 is 0 Å². The van der Waals surface area contributed by atoms with Crippen molar-refractivity contribution >= 4 is 23.4 Å². The van der Waals surface area contributed by atoms with Crippen LogP contribution in [-0.4, -0.2) is 41.0 Å². The van der Waals surface area contributed by atoms with E-state index in [0.717, 1.165) is 31.2 Å². The largest absolute Gasteiger partial charge is 0.478 e. The summed E-state index contributed by atoms with van der Waals surface area (Å²) in [7, 11) is 0. The Labute approximate surface area is 175 Å². The summed E-state index contributed by atoms with van der Waals surface area (Å²) < 4.78 is 0. The lowest BCUT2D eigenvalue weighted by Gasteiger charge is -2.30. The number of nitrogens with two attached hydrogens (primary N) is 1. The van der Waals surface area contributed by atoms with Crippen LogP contribution in [0.15, 0.2) is 48.5 Å². The molecule has 7 heteroatoms. The molecule has 0 aliphatic carbocycles. The minimum Gasteiger partial charge on any atom is -0.478 e. The predicted octanol–water partition coefficient (Wildman–Crippen LogP) is 3.80. The van der Waals surface area contributed by atoms with Crippen molar-refractivity contribution in [1.82, 2.24) is 5.06 Å². The molecular weight excluding hydrogens is 384 g/mol. The summed E-state index contributed by atoms with van der Waals surface area (Å²) in [6.45, 7) is 1.23. The Bertz CT molecular complexity index is 905. The predicted molar refractivity (Wildman–Crippen MR) is 112 cm³/mol. The van der Waals surface area contributed by atoms with E-state index in [1.807, 2.05) is 30.3 Å². The van der Waals surface area contributed by atoms with Gasteiger partial charge in [-0.25, -0.2) is 9.59 Å². The number of nitrogen functional groups attached to an aromatic ring is 1. The second kappa shape index (κ2) is 10.0. The Morgan fingerprint density at radius 1 is 1.03 bits per heavy atom. The zero-order chi connectivity index (χ0) is 21.5. The molecule has 0 saturated carbocycles. The second-order valence-electron chi connectivity index (χ2n) is 7.54. The highest BCUT2D eigenvalue weighted by Gasteiger charge is 2.23. The van der Waals surface area contributed by atoms with Gasteiger partial charge in [0, 0.05) is 30.8 Å². The highest BCUT2D eigenvalue weighted by atomic mass is 16.7. The number of carboxylic acid groups (broad SMARTS) is 1. The van der Waals surface area contributed by atoms with Gasteiger partial charge in [0.05, 0.1) is 11.1 Å². The van der Waals surface area contributed by atoms with E-state index in [4.69, 9.17) is 15.7 Å². The number of benzene rings is 2. The van der Waals surface area contributed by atoms with Crippen LogP contribution in [0.5, 0.6) is 0 Å². The summed E-state index contributed by atoms with van der Waals surface area (Å²) in [6, 6.07) is 13.4. The van der Waals surface area contributed by atoms with Gasteiger partial charge in [-0.1, -0.05) is 30.3 Å². The van der Waals surface area contributed by atoms with Crippen LogP contribution >= 0.6 is 0 Å². The summed E-state index contributed by atoms with van der Waals surface area (Å²) in [5, 5.41) is 10.7. The van der Waals surface area contributed by atoms with E-state index in [0.29, 0.717) is 25.4 Å². The van der Waals surface area contributed by atoms with E-state index in [1.165, 1.54) is 18.2 Å². The van der Waals surface area contributed by atoms with Crippen LogP contribution in [0.2, 0.25) is 0 Å². The number of hydroxylamine groups is 2. The summed E-state index contributed by atoms with van der Waals surface area (Å²) >= 11 is 0. The number of nitrogens with zero attached hydrogens (tertiary/aromatic N) is 1. The van der Waals surface area contributed by atoms with E-state index in [2.05, 4.69) is 0 Å². The van der Waals surface area contributed by atoms with Crippen LogP contribution in [0, 0.1) is 5.92 Å². The van der Waals surface area contributed by atoms with Crippen molar-refractivity contribution in [2.45, 2.75) is 32.1 Å². The molecule has 0 bridgehead atoms. The van der Waals surface area contributed by atoms with Gasteiger partial charge in [0.25, 0.3) is 0 Å². The minimum absolute atomic E-state index is 0.102. The third-order valence-electron chi connectivity index (χ3n) is 5.42. The number of aromatic carboxylic acids is 1. The molecule has 30 heavy (non-hydrogen) atoms. The Kier molecular flexibility index (Phi) is 7.19. The van der Waals surface area contributed by atoms with Crippen molar-refractivity contribution in [2.75, 3.05) is 18.8 Å². The number of hydrogen-bond acceptors (Lipinski definition) is 6. The Balaban J connectivity index is 1.41. The number of carboxylic acids is 1. The molecule has 0 spiro atoms. The van der Waals surface area contributed by atoms with Gasteiger partial charge in [-0.05, 0) is 49.8 Å². The lowest BCUT2D eigenvalue weighted by Crippen LogP contribution is -2.35. The van der Waals surface area contributed by atoms with Crippen molar-refractivity contribution in [2.24, 2.45) is 5.92 Å². The molecule has 158 valence electrons. The van der Waals surface area contributed by atoms with Crippen LogP contribution in [0.25, 0.3) is 0 Å². The maximum absolute atomic E-state index is 12.3. The number of ketones is 1. The molecule has 0 radical (unpaired) electrons. The molecule has 0 amide bonds. The summed E-state index contributed by atoms with van der Waals surface area (Å²) in [6.07, 6.45) is 4.13. The summed E-state index contributed by atoms with van der Waals surface area (Å²) in [5.74, 6) is -1.11. The van der Waals surface area contributed by atoms with Crippen molar-refractivity contribution < 1.29 is 24.3 Å². The molecule has 0 unspecified atom stereocenters. The number of anilines is 1. The first-order chi connectivity index (χ1) is 14.4. The first-order valence-electron chi connectivity index (χ1n) is 10.1. The summed E-state index contributed by atoms with van der Waals surface area (Å²) in [5.41, 5.74) is 6.52. The van der Waals surface area contributed by atoms with Crippen LogP contribution in [-0.2, 0) is 4.84 Å². The van der Waals surface area contributed by atoms with E-state index in [1.54, 1.807) is 5.06 Å². The van der Waals surface area contributed by atoms with Gasteiger partial charge < -0.3 is 15.7 Å². The zero-order valence-electron chi connectivity index (χ0n) is 16.8. The molecule has 2 aromatic rings. The van der Waals surface area contributed by atoms with Crippen LogP contribution in [0.1, 0.15) is 63.2 Å². The minimum atomic E-state index is -1.19. The fourth-order valence-corrected chi connectivity index (χ4v) is 3.65. The monoisotopic (exact) mass is 410 g/mol. The second-order valence-corrected chi connectivity index (χ2v) is 7.54. The molecular formula is C23H26N2O5. The lowest BCUT2D eigenvalue weighted by molar-refractivity contribution is -0.126. The highest BCUT2D eigenvalue weighted by molar-refractivity contribution is 5.98. The molecule has 3 rings (SSSR count). The van der Waals surface area contributed by atoms with Crippen LogP contribution in [0.4, 0.5) is 5.69 Å². The third kappa shape index (κ3) is 5.67. The smallest absolute Gasteiger partial charge is 0.357 e. The number of piperidine rings is 1. The van der Waals surface area contributed by atoms with Gasteiger partial charge >= 0.3 is 11.9 Å². The maximum Gasteiger partial charge on any atom is 0.357 e. The molecule has 0 atom stereocenters. The first-order valence-corrected chi connectivity index (χ1v) is 10.1. The standard InChI is InChI=1S/C23H26N2O5/c24-20-10-9-18(15-19(20)22(27)28)23(29)30-25-13-11-16(12-14-25)5-4-8-21(26)17-6-2-1-3-7-17/h1-3,6-7,9-10,15-16H,4-5,8,11-14,24H2,(H,27,28). The Hall–Kier alpha value is -3.19. The maximum atomic E-state index is 12.3. The van der Waals surface area contributed by atoms with Gasteiger partial charge in [0.2, 0.25) is 0 Å². The lowest BCUT2D eigenvalue weighted by atomic mass is 9.91. The van der Waals surface area contributed by atoms with Crippen molar-refractivity contribution in [3.63, 3.8) is 0 Å². The number of Topliss-reactive ketones (excluding diaryl/α,β-unsaturated/α-hetero) is 1. The summed E-state index contributed by atoms with van der Waals surface area (Å²) in [4.78, 5) is 41.1. The Morgan fingerprint density at radius 3 is 2.40 bits per heavy atom. The Morgan fingerprint density at radius 2 is 1.73 bits per heavy atom. The SMILES string of the molecule is Nc1ccc(C(=O)ON2CCC(CCCC(=O)c3ccccc3)CC2)cc1C(=O)O. The van der Waals surface area contributed by atoms with Crippen molar-refractivity contribution in [1.29, 1.82) is 0 Å². The molecule has 1 fully saturated rings. The molecule has 1 heterocycles. The van der Waals surface area contributed by atoms with Crippen LogP contribution in [0.3, 0.4) is 0 Å². The fraction of sp³-hybridized carbons (Fsp3) is 0.348. The molecule has 1 saturated heterocycles. The zero-order valence-corrected chi connectivity index (χ0v) is 16.8. The van der Waals surface area contributed by atoms with Gasteiger partial charge in [-0.2, -0.15) is 0 Å². The van der Waals surface area contributed by atoms with E-state index < -0.39 is 11.9 Å². The van der Waals surface area contributed by atoms with E-state index in [-0.39, 0.29) is 22.6 Å². The average molecular weight is 410 g/mol. The van der Waals surface area contributed by atoms with Gasteiger partial charge in [0.15, 0.2) is 5.78 Å². The number of carbonyl (C=O) groups excluding carboxylic acids is 2. The topological polar surface area (TPSA) is 110 Å². The molecule has 7 nitrogen and oxygen atoms in total. The number of rotatable bonds is 8.